The van der Waals surface area contributed by atoms with Gasteiger partial charge < -0.3 is 15.0 Å². The summed E-state index contributed by atoms with van der Waals surface area (Å²) in [7, 11) is 0. The molecule has 2 aromatic carbocycles. The van der Waals surface area contributed by atoms with E-state index in [1.165, 1.54) is 12.0 Å². The fraction of sp³-hybridized carbons (Fsp3) is 0.500. The standard InChI is InChI=1S/C28H37BrN2O3/c1-4-21-14-15-26(24(29)17-21)34-19-27(32)31(18-22-11-9-10-20(3)16-22)25(5-2)28(33)30-23-12-7-6-8-13-23/h9-11,14-17,23,25H,4-8,12-13,18-19H2,1-3H3,(H,30,33)/t25-/m0/s1. The van der Waals surface area contributed by atoms with Crippen LogP contribution in [0.3, 0.4) is 0 Å². The Kier molecular flexibility index (Phi) is 10.00. The van der Waals surface area contributed by atoms with Crippen LogP contribution in [-0.4, -0.2) is 35.4 Å². The van der Waals surface area contributed by atoms with E-state index in [1.807, 2.05) is 50.2 Å². The minimum Gasteiger partial charge on any atom is -0.483 e. The minimum absolute atomic E-state index is 0.0658. The van der Waals surface area contributed by atoms with Gasteiger partial charge in [0.05, 0.1) is 4.47 Å². The summed E-state index contributed by atoms with van der Waals surface area (Å²) < 4.78 is 6.72. The summed E-state index contributed by atoms with van der Waals surface area (Å²) in [4.78, 5) is 28.4. The molecule has 34 heavy (non-hydrogen) atoms. The molecule has 0 radical (unpaired) electrons. The molecule has 0 aliphatic heterocycles. The molecule has 1 aliphatic carbocycles. The highest BCUT2D eigenvalue weighted by Gasteiger charge is 2.30. The van der Waals surface area contributed by atoms with Crippen molar-refractivity contribution < 1.29 is 14.3 Å². The lowest BCUT2D eigenvalue weighted by Gasteiger charge is -2.32. The third-order valence-corrected chi connectivity index (χ3v) is 7.15. The van der Waals surface area contributed by atoms with Crippen LogP contribution < -0.4 is 10.1 Å². The van der Waals surface area contributed by atoms with Crippen molar-refractivity contribution in [2.45, 2.75) is 84.3 Å². The fourth-order valence-corrected chi connectivity index (χ4v) is 5.12. The number of carbonyl (C=O) groups is 2. The van der Waals surface area contributed by atoms with Crippen LogP contribution in [0.1, 0.15) is 69.1 Å². The Morgan fingerprint density at radius 1 is 1.09 bits per heavy atom. The molecule has 0 aromatic heterocycles. The number of nitrogens with one attached hydrogen (secondary N) is 1. The van der Waals surface area contributed by atoms with Gasteiger partial charge in [-0.25, -0.2) is 0 Å². The topological polar surface area (TPSA) is 58.6 Å². The molecular formula is C28H37BrN2O3. The fourth-order valence-electron chi connectivity index (χ4n) is 4.57. The summed E-state index contributed by atoms with van der Waals surface area (Å²) in [5.41, 5.74) is 3.32. The number of carbonyl (C=O) groups excluding carboxylic acids is 2. The van der Waals surface area contributed by atoms with Crippen molar-refractivity contribution in [3.63, 3.8) is 0 Å². The van der Waals surface area contributed by atoms with E-state index in [1.54, 1.807) is 4.90 Å². The number of halogens is 1. The number of aryl methyl sites for hydroxylation is 2. The van der Waals surface area contributed by atoms with Crippen LogP contribution in [0.2, 0.25) is 0 Å². The SMILES string of the molecule is CCc1ccc(OCC(=O)N(Cc2cccc(C)c2)[C@@H](CC)C(=O)NC2CCCCC2)c(Br)c1. The highest BCUT2D eigenvalue weighted by molar-refractivity contribution is 9.10. The lowest BCUT2D eigenvalue weighted by Crippen LogP contribution is -2.52. The minimum atomic E-state index is -0.538. The molecule has 2 amide bonds. The van der Waals surface area contributed by atoms with Gasteiger partial charge in [0, 0.05) is 12.6 Å². The molecule has 0 unspecified atom stereocenters. The molecule has 184 valence electrons. The summed E-state index contributed by atoms with van der Waals surface area (Å²) in [6.45, 7) is 6.34. The van der Waals surface area contributed by atoms with Gasteiger partial charge in [-0.2, -0.15) is 0 Å². The number of nitrogens with zero attached hydrogens (tertiary/aromatic N) is 1. The lowest BCUT2D eigenvalue weighted by molar-refractivity contribution is -0.143. The average molecular weight is 530 g/mol. The van der Waals surface area contributed by atoms with E-state index in [0.717, 1.165) is 47.7 Å². The summed E-state index contributed by atoms with van der Waals surface area (Å²) in [6, 6.07) is 13.6. The van der Waals surface area contributed by atoms with Crippen LogP contribution in [-0.2, 0) is 22.6 Å². The molecule has 2 aromatic rings. The number of benzene rings is 2. The van der Waals surface area contributed by atoms with E-state index in [0.29, 0.717) is 18.7 Å². The summed E-state index contributed by atoms with van der Waals surface area (Å²) in [5.74, 6) is 0.364. The van der Waals surface area contributed by atoms with Crippen molar-refractivity contribution in [2.75, 3.05) is 6.61 Å². The Labute approximate surface area is 212 Å². The zero-order valence-electron chi connectivity index (χ0n) is 20.6. The van der Waals surface area contributed by atoms with Crippen molar-refractivity contribution >= 4 is 27.7 Å². The molecule has 1 atom stereocenters. The number of rotatable bonds is 10. The molecule has 3 rings (SSSR count). The summed E-state index contributed by atoms with van der Waals surface area (Å²) in [5, 5.41) is 3.22. The third kappa shape index (κ3) is 7.33. The monoisotopic (exact) mass is 528 g/mol. The molecule has 1 aliphatic rings. The summed E-state index contributed by atoms with van der Waals surface area (Å²) >= 11 is 3.54. The van der Waals surface area contributed by atoms with Gasteiger partial charge in [-0.05, 0) is 71.8 Å². The predicted molar refractivity (Wildman–Crippen MR) is 140 cm³/mol. The van der Waals surface area contributed by atoms with Crippen molar-refractivity contribution in [1.82, 2.24) is 10.2 Å². The van der Waals surface area contributed by atoms with Crippen molar-refractivity contribution in [3.05, 3.63) is 63.6 Å². The highest BCUT2D eigenvalue weighted by Crippen LogP contribution is 2.26. The normalized spacial score (nSPS) is 14.9. The number of ether oxygens (including phenoxy) is 1. The van der Waals surface area contributed by atoms with E-state index in [-0.39, 0.29) is 24.5 Å². The average Bonchev–Trinajstić information content (AvgIpc) is 2.83. The maximum Gasteiger partial charge on any atom is 0.261 e. The van der Waals surface area contributed by atoms with Gasteiger partial charge in [0.15, 0.2) is 6.61 Å². The van der Waals surface area contributed by atoms with Gasteiger partial charge in [-0.1, -0.05) is 69.0 Å². The quantitative estimate of drug-likeness (QED) is 0.414. The molecule has 1 saturated carbocycles. The maximum absolute atomic E-state index is 13.4. The van der Waals surface area contributed by atoms with E-state index < -0.39 is 6.04 Å². The Morgan fingerprint density at radius 3 is 2.50 bits per heavy atom. The predicted octanol–water partition coefficient (Wildman–Crippen LogP) is 5.96. The second-order valence-electron chi connectivity index (χ2n) is 9.19. The maximum atomic E-state index is 13.4. The van der Waals surface area contributed by atoms with E-state index in [4.69, 9.17) is 4.74 Å². The largest absolute Gasteiger partial charge is 0.483 e. The van der Waals surface area contributed by atoms with Crippen molar-refractivity contribution in [2.24, 2.45) is 0 Å². The molecule has 1 fully saturated rings. The third-order valence-electron chi connectivity index (χ3n) is 6.53. The van der Waals surface area contributed by atoms with Gasteiger partial charge in [0.25, 0.3) is 5.91 Å². The van der Waals surface area contributed by atoms with Crippen LogP contribution in [0.25, 0.3) is 0 Å². The Bertz CT molecular complexity index is 972. The molecular weight excluding hydrogens is 492 g/mol. The van der Waals surface area contributed by atoms with E-state index in [9.17, 15) is 9.59 Å². The first-order valence-corrected chi connectivity index (χ1v) is 13.3. The zero-order valence-corrected chi connectivity index (χ0v) is 22.2. The molecule has 5 nitrogen and oxygen atoms in total. The number of hydrogen-bond acceptors (Lipinski definition) is 3. The van der Waals surface area contributed by atoms with E-state index in [2.05, 4.69) is 34.2 Å². The van der Waals surface area contributed by atoms with Crippen molar-refractivity contribution in [1.29, 1.82) is 0 Å². The van der Waals surface area contributed by atoms with Gasteiger partial charge in [-0.3, -0.25) is 9.59 Å². The molecule has 0 bridgehead atoms. The second-order valence-corrected chi connectivity index (χ2v) is 10.0. The summed E-state index contributed by atoms with van der Waals surface area (Å²) in [6.07, 6.45) is 7.02. The number of amides is 2. The number of hydrogen-bond donors (Lipinski definition) is 1. The molecule has 1 N–H and O–H groups in total. The van der Waals surface area contributed by atoms with Crippen LogP contribution in [0.4, 0.5) is 0 Å². The van der Waals surface area contributed by atoms with Crippen LogP contribution >= 0.6 is 15.9 Å². The Morgan fingerprint density at radius 2 is 1.85 bits per heavy atom. The zero-order chi connectivity index (χ0) is 24.5. The van der Waals surface area contributed by atoms with Crippen molar-refractivity contribution in [3.8, 4) is 5.75 Å². The first-order valence-electron chi connectivity index (χ1n) is 12.5. The van der Waals surface area contributed by atoms with Gasteiger partial charge in [0.2, 0.25) is 5.91 Å². The highest BCUT2D eigenvalue weighted by atomic mass is 79.9. The molecule has 0 saturated heterocycles. The molecule has 6 heteroatoms. The van der Waals surface area contributed by atoms with Gasteiger partial charge in [-0.15, -0.1) is 0 Å². The van der Waals surface area contributed by atoms with E-state index >= 15 is 0 Å². The van der Waals surface area contributed by atoms with Crippen LogP contribution in [0.15, 0.2) is 46.9 Å². The molecule has 0 spiro atoms. The smallest absolute Gasteiger partial charge is 0.261 e. The lowest BCUT2D eigenvalue weighted by atomic mass is 9.95. The second kappa shape index (κ2) is 12.9. The first kappa shape index (κ1) is 26.3. The Balaban J connectivity index is 1.76. The van der Waals surface area contributed by atoms with Crippen LogP contribution in [0.5, 0.6) is 5.75 Å². The molecule has 0 heterocycles. The van der Waals surface area contributed by atoms with Gasteiger partial charge >= 0.3 is 0 Å². The van der Waals surface area contributed by atoms with Gasteiger partial charge in [0.1, 0.15) is 11.8 Å². The Hall–Kier alpha value is -2.34. The first-order chi connectivity index (χ1) is 16.4. The van der Waals surface area contributed by atoms with Crippen LogP contribution in [0, 0.1) is 6.92 Å².